The summed E-state index contributed by atoms with van der Waals surface area (Å²) >= 11 is 0. The minimum absolute atomic E-state index is 0.182. The summed E-state index contributed by atoms with van der Waals surface area (Å²) in [7, 11) is 0. The first kappa shape index (κ1) is 17.2. The summed E-state index contributed by atoms with van der Waals surface area (Å²) in [6.45, 7) is 0. The third-order valence-electron chi connectivity index (χ3n) is 5.59. The van der Waals surface area contributed by atoms with Gasteiger partial charge < -0.3 is 22.5 Å². The fourth-order valence-corrected chi connectivity index (χ4v) is 4.38. The molecule has 7 N–H and O–H groups in total. The van der Waals surface area contributed by atoms with Gasteiger partial charge >= 0.3 is 0 Å². The highest BCUT2D eigenvalue weighted by Crippen LogP contribution is 2.45. The lowest BCUT2D eigenvalue weighted by atomic mass is 9.70. The van der Waals surface area contributed by atoms with Crippen LogP contribution in [0.15, 0.2) is 36.4 Å². The highest BCUT2D eigenvalue weighted by Gasteiger charge is 2.51. The van der Waals surface area contributed by atoms with Crippen LogP contribution in [0.3, 0.4) is 0 Å². The van der Waals surface area contributed by atoms with Crippen molar-refractivity contribution in [2.24, 2.45) is 17.2 Å². The first-order chi connectivity index (χ1) is 12.8. The number of fused-ring (bicyclic) bond motifs is 4. The maximum atomic E-state index is 13.1. The van der Waals surface area contributed by atoms with Crippen molar-refractivity contribution in [1.82, 2.24) is 5.32 Å². The predicted octanol–water partition coefficient (Wildman–Crippen LogP) is 0.0738. The van der Waals surface area contributed by atoms with E-state index < -0.39 is 23.4 Å². The standard InChI is InChI=1S/C20H20N4O3/c21-16-9-20(19(27)24-16)14-5-3-12(17(22)25)7-10(14)1-2-11-8-13(18(23)26)4-6-15(11)20/h3-8,16H,1-2,9,21H2,(H2,22,25)(H2,23,26)(H,24,27)/t16-/m0/s1. The molecule has 0 unspecified atom stereocenters. The van der Waals surface area contributed by atoms with Gasteiger partial charge in [0, 0.05) is 17.5 Å². The fourth-order valence-electron chi connectivity index (χ4n) is 4.38. The van der Waals surface area contributed by atoms with Crippen molar-refractivity contribution < 1.29 is 14.4 Å². The van der Waals surface area contributed by atoms with Crippen molar-refractivity contribution in [3.05, 3.63) is 69.8 Å². The molecule has 1 heterocycles. The Hall–Kier alpha value is -3.19. The number of carbonyl (C=O) groups excluding carboxylic acids is 3. The Kier molecular flexibility index (Phi) is 3.78. The lowest BCUT2D eigenvalue weighted by Gasteiger charge is -2.29. The molecule has 0 bridgehead atoms. The van der Waals surface area contributed by atoms with Crippen molar-refractivity contribution in [3.63, 3.8) is 0 Å². The van der Waals surface area contributed by atoms with Crippen LogP contribution in [-0.4, -0.2) is 23.9 Å². The molecule has 1 spiro atoms. The van der Waals surface area contributed by atoms with Gasteiger partial charge in [0.05, 0.1) is 6.17 Å². The Morgan fingerprint density at radius 2 is 1.41 bits per heavy atom. The summed E-state index contributed by atoms with van der Waals surface area (Å²) in [4.78, 5) is 36.3. The number of aryl methyl sites for hydroxylation is 2. The Labute approximate surface area is 155 Å². The van der Waals surface area contributed by atoms with Gasteiger partial charge in [-0.15, -0.1) is 0 Å². The minimum atomic E-state index is -0.965. The summed E-state index contributed by atoms with van der Waals surface area (Å²) in [6, 6.07) is 10.4. The molecule has 1 saturated heterocycles. The molecule has 1 aliphatic carbocycles. The fraction of sp³-hybridized carbons (Fsp3) is 0.250. The normalized spacial score (nSPS) is 19.7. The molecular formula is C20H20N4O3. The van der Waals surface area contributed by atoms with Gasteiger partial charge in [0.25, 0.3) is 0 Å². The highest BCUT2D eigenvalue weighted by molar-refractivity contribution is 5.98. The Morgan fingerprint density at radius 1 is 0.926 bits per heavy atom. The molecule has 2 aromatic carbocycles. The van der Waals surface area contributed by atoms with Crippen LogP contribution in [0.4, 0.5) is 0 Å². The second kappa shape index (κ2) is 5.92. The topological polar surface area (TPSA) is 141 Å². The average Bonchev–Trinajstić information content (AvgIpc) is 2.85. The molecule has 0 radical (unpaired) electrons. The third-order valence-corrected chi connectivity index (χ3v) is 5.59. The van der Waals surface area contributed by atoms with E-state index in [1.807, 2.05) is 0 Å². The molecule has 3 amide bonds. The zero-order valence-electron chi connectivity index (χ0n) is 14.6. The van der Waals surface area contributed by atoms with E-state index in [0.29, 0.717) is 30.4 Å². The number of carbonyl (C=O) groups is 3. The minimum Gasteiger partial charge on any atom is -0.366 e. The maximum Gasteiger partial charge on any atom is 0.248 e. The second-order valence-corrected chi connectivity index (χ2v) is 7.16. The van der Waals surface area contributed by atoms with E-state index in [4.69, 9.17) is 17.2 Å². The Bertz CT molecular complexity index is 933. The third kappa shape index (κ3) is 2.50. The van der Waals surface area contributed by atoms with E-state index in [9.17, 15) is 14.4 Å². The smallest absolute Gasteiger partial charge is 0.248 e. The number of hydrogen-bond donors (Lipinski definition) is 4. The van der Waals surface area contributed by atoms with Crippen LogP contribution in [0.5, 0.6) is 0 Å². The number of amides is 3. The number of primary amides is 2. The number of benzene rings is 2. The van der Waals surface area contributed by atoms with Crippen molar-refractivity contribution in [1.29, 1.82) is 0 Å². The highest BCUT2D eigenvalue weighted by atomic mass is 16.2. The van der Waals surface area contributed by atoms with E-state index in [2.05, 4.69) is 5.32 Å². The Morgan fingerprint density at radius 3 is 1.78 bits per heavy atom. The maximum absolute atomic E-state index is 13.1. The molecule has 27 heavy (non-hydrogen) atoms. The molecule has 7 nitrogen and oxygen atoms in total. The van der Waals surface area contributed by atoms with Gasteiger partial charge in [0.1, 0.15) is 5.41 Å². The van der Waals surface area contributed by atoms with Gasteiger partial charge in [-0.1, -0.05) is 12.1 Å². The van der Waals surface area contributed by atoms with E-state index in [-0.39, 0.29) is 5.91 Å². The second-order valence-electron chi connectivity index (χ2n) is 7.16. The van der Waals surface area contributed by atoms with Gasteiger partial charge in [0.2, 0.25) is 17.7 Å². The van der Waals surface area contributed by atoms with Crippen LogP contribution in [0.2, 0.25) is 0 Å². The van der Waals surface area contributed by atoms with Crippen LogP contribution >= 0.6 is 0 Å². The quantitative estimate of drug-likeness (QED) is 0.598. The summed E-state index contributed by atoms with van der Waals surface area (Å²) in [5.41, 5.74) is 20.2. The van der Waals surface area contributed by atoms with Gasteiger partial charge in [-0.2, -0.15) is 0 Å². The van der Waals surface area contributed by atoms with Gasteiger partial charge in [0.15, 0.2) is 0 Å². The van der Waals surface area contributed by atoms with Crippen molar-refractivity contribution in [2.45, 2.75) is 30.8 Å². The van der Waals surface area contributed by atoms with E-state index in [0.717, 1.165) is 22.3 Å². The van der Waals surface area contributed by atoms with Crippen molar-refractivity contribution in [2.75, 3.05) is 0 Å². The lowest BCUT2D eigenvalue weighted by Crippen LogP contribution is -2.38. The monoisotopic (exact) mass is 364 g/mol. The SMILES string of the molecule is NC(=O)c1ccc2c(c1)CCc1cc(C(N)=O)ccc1C21C[C@@H](N)NC1=O. The molecule has 1 fully saturated rings. The summed E-state index contributed by atoms with van der Waals surface area (Å²) in [5, 5.41) is 2.82. The molecule has 0 aromatic heterocycles. The number of rotatable bonds is 2. The van der Waals surface area contributed by atoms with Gasteiger partial charge in [-0.25, -0.2) is 0 Å². The van der Waals surface area contributed by atoms with E-state index >= 15 is 0 Å². The summed E-state index contributed by atoms with van der Waals surface area (Å²) < 4.78 is 0. The zero-order valence-corrected chi connectivity index (χ0v) is 14.6. The molecule has 4 rings (SSSR count). The molecule has 7 heteroatoms. The van der Waals surface area contributed by atoms with Gasteiger partial charge in [-0.3, -0.25) is 14.4 Å². The van der Waals surface area contributed by atoms with E-state index in [1.165, 1.54) is 0 Å². The molecule has 1 atom stereocenters. The molecule has 2 aromatic rings. The van der Waals surface area contributed by atoms with Crippen LogP contribution in [0.25, 0.3) is 0 Å². The van der Waals surface area contributed by atoms with E-state index in [1.54, 1.807) is 36.4 Å². The predicted molar refractivity (Wildman–Crippen MR) is 98.8 cm³/mol. The number of hydrogen-bond acceptors (Lipinski definition) is 4. The number of nitrogens with one attached hydrogen (secondary N) is 1. The molecule has 2 aliphatic rings. The molecule has 138 valence electrons. The summed E-state index contributed by atoms with van der Waals surface area (Å²) in [6.07, 6.45) is 1.12. The summed E-state index contributed by atoms with van der Waals surface area (Å²) in [5.74, 6) is -1.22. The van der Waals surface area contributed by atoms with Crippen LogP contribution in [0.1, 0.15) is 49.4 Å². The first-order valence-corrected chi connectivity index (χ1v) is 8.76. The first-order valence-electron chi connectivity index (χ1n) is 8.76. The Balaban J connectivity index is 1.99. The number of nitrogens with two attached hydrogens (primary N) is 3. The van der Waals surface area contributed by atoms with Crippen LogP contribution in [0, 0.1) is 0 Å². The van der Waals surface area contributed by atoms with Crippen LogP contribution < -0.4 is 22.5 Å². The van der Waals surface area contributed by atoms with Crippen molar-refractivity contribution >= 4 is 17.7 Å². The molecule has 0 saturated carbocycles. The average molecular weight is 364 g/mol. The zero-order chi connectivity index (χ0) is 19.3. The largest absolute Gasteiger partial charge is 0.366 e. The molecular weight excluding hydrogens is 344 g/mol. The lowest BCUT2D eigenvalue weighted by molar-refractivity contribution is -0.122. The van der Waals surface area contributed by atoms with Crippen LogP contribution in [-0.2, 0) is 23.1 Å². The van der Waals surface area contributed by atoms with Crippen molar-refractivity contribution in [3.8, 4) is 0 Å². The molecule has 1 aliphatic heterocycles. The van der Waals surface area contributed by atoms with Gasteiger partial charge in [-0.05, 0) is 59.4 Å².